The second-order valence-corrected chi connectivity index (χ2v) is 3.54. The van der Waals surface area contributed by atoms with Crippen molar-refractivity contribution in [2.24, 2.45) is 0 Å². The van der Waals surface area contributed by atoms with Crippen LogP contribution in [-0.2, 0) is 14.3 Å². The highest BCUT2D eigenvalue weighted by atomic mass is 16.5. The van der Waals surface area contributed by atoms with Gasteiger partial charge in [0.05, 0.1) is 20.3 Å². The fourth-order valence-corrected chi connectivity index (χ4v) is 1.53. The molecule has 0 bridgehead atoms. The lowest BCUT2D eigenvalue weighted by atomic mass is 10.2. The Hall–Kier alpha value is -0.870. The normalized spacial score (nSPS) is 23.1. The van der Waals surface area contributed by atoms with Crippen LogP contribution in [0.3, 0.4) is 0 Å². The van der Waals surface area contributed by atoms with E-state index in [4.69, 9.17) is 9.47 Å². The van der Waals surface area contributed by atoms with E-state index in [9.17, 15) is 4.79 Å². The standard InChI is InChI=1S/C10H17NO3/c1-8(2)6-11-4-5-14-7-9(11)10(12)13-3/h9H,1,4-7H2,2-3H3. The van der Waals surface area contributed by atoms with Gasteiger partial charge in [-0.3, -0.25) is 9.69 Å². The van der Waals surface area contributed by atoms with Gasteiger partial charge in [0, 0.05) is 13.1 Å². The summed E-state index contributed by atoms with van der Waals surface area (Å²) in [4.78, 5) is 13.4. The third kappa shape index (κ3) is 2.82. The van der Waals surface area contributed by atoms with Gasteiger partial charge in [-0.25, -0.2) is 0 Å². The number of ether oxygens (including phenoxy) is 2. The van der Waals surface area contributed by atoms with Crippen LogP contribution in [0.5, 0.6) is 0 Å². The van der Waals surface area contributed by atoms with Gasteiger partial charge >= 0.3 is 5.97 Å². The number of carbonyl (C=O) groups is 1. The molecule has 0 radical (unpaired) electrons. The molecule has 4 nitrogen and oxygen atoms in total. The molecule has 0 spiro atoms. The minimum absolute atomic E-state index is 0.231. The topological polar surface area (TPSA) is 38.8 Å². The molecule has 1 unspecified atom stereocenters. The van der Waals surface area contributed by atoms with Crippen LogP contribution in [0.25, 0.3) is 0 Å². The van der Waals surface area contributed by atoms with Crippen LogP contribution in [0, 0.1) is 0 Å². The maximum Gasteiger partial charge on any atom is 0.325 e. The lowest BCUT2D eigenvalue weighted by Crippen LogP contribution is -2.50. The SMILES string of the molecule is C=C(C)CN1CCOCC1C(=O)OC. The van der Waals surface area contributed by atoms with Gasteiger partial charge < -0.3 is 9.47 Å². The molecule has 0 aromatic rings. The number of nitrogens with zero attached hydrogens (tertiary/aromatic N) is 1. The summed E-state index contributed by atoms with van der Waals surface area (Å²) in [6.45, 7) is 8.35. The number of hydrogen-bond donors (Lipinski definition) is 0. The van der Waals surface area contributed by atoms with Crippen LogP contribution < -0.4 is 0 Å². The maximum atomic E-state index is 11.4. The zero-order valence-electron chi connectivity index (χ0n) is 8.78. The van der Waals surface area contributed by atoms with Gasteiger partial charge in [0.1, 0.15) is 6.04 Å². The second kappa shape index (κ2) is 5.12. The van der Waals surface area contributed by atoms with E-state index in [-0.39, 0.29) is 12.0 Å². The first-order chi connectivity index (χ1) is 6.65. The summed E-state index contributed by atoms with van der Waals surface area (Å²) in [6, 6.07) is -0.273. The lowest BCUT2D eigenvalue weighted by Gasteiger charge is -2.33. The molecular formula is C10H17NO3. The molecule has 14 heavy (non-hydrogen) atoms. The van der Waals surface area contributed by atoms with Crippen LogP contribution in [-0.4, -0.2) is 50.3 Å². The summed E-state index contributed by atoms with van der Waals surface area (Å²) >= 11 is 0. The van der Waals surface area contributed by atoms with Crippen molar-refractivity contribution in [3.63, 3.8) is 0 Å². The van der Waals surface area contributed by atoms with Gasteiger partial charge in [-0.1, -0.05) is 12.2 Å². The highest BCUT2D eigenvalue weighted by Gasteiger charge is 2.29. The fourth-order valence-electron chi connectivity index (χ4n) is 1.53. The van der Waals surface area contributed by atoms with Crippen LogP contribution in [0.1, 0.15) is 6.92 Å². The van der Waals surface area contributed by atoms with E-state index in [1.165, 1.54) is 7.11 Å². The average molecular weight is 199 g/mol. The van der Waals surface area contributed by atoms with E-state index in [1.54, 1.807) is 0 Å². The van der Waals surface area contributed by atoms with Crippen LogP contribution >= 0.6 is 0 Å². The zero-order chi connectivity index (χ0) is 10.6. The number of methoxy groups -OCH3 is 1. The van der Waals surface area contributed by atoms with Crippen molar-refractivity contribution < 1.29 is 14.3 Å². The quantitative estimate of drug-likeness (QED) is 0.488. The summed E-state index contributed by atoms with van der Waals surface area (Å²) in [7, 11) is 1.40. The van der Waals surface area contributed by atoms with E-state index in [0.29, 0.717) is 13.2 Å². The highest BCUT2D eigenvalue weighted by molar-refractivity contribution is 5.76. The minimum atomic E-state index is -0.273. The summed E-state index contributed by atoms with van der Waals surface area (Å²) in [5.41, 5.74) is 1.04. The molecule has 1 aliphatic heterocycles. The monoisotopic (exact) mass is 199 g/mol. The number of morpholine rings is 1. The molecule has 1 fully saturated rings. The number of carbonyl (C=O) groups excluding carboxylic acids is 1. The van der Waals surface area contributed by atoms with Crippen molar-refractivity contribution in [2.75, 3.05) is 33.4 Å². The molecule has 0 amide bonds. The molecule has 0 aliphatic carbocycles. The molecule has 0 saturated carbocycles. The smallest absolute Gasteiger partial charge is 0.325 e. The lowest BCUT2D eigenvalue weighted by molar-refractivity contribution is -0.152. The largest absolute Gasteiger partial charge is 0.468 e. The van der Waals surface area contributed by atoms with Gasteiger partial charge in [-0.2, -0.15) is 0 Å². The van der Waals surface area contributed by atoms with E-state index in [1.807, 2.05) is 11.8 Å². The van der Waals surface area contributed by atoms with E-state index in [2.05, 4.69) is 6.58 Å². The molecule has 0 N–H and O–H groups in total. The van der Waals surface area contributed by atoms with Crippen LogP contribution in [0.15, 0.2) is 12.2 Å². The first kappa shape index (κ1) is 11.2. The van der Waals surface area contributed by atoms with Gasteiger partial charge in [-0.05, 0) is 6.92 Å². The van der Waals surface area contributed by atoms with E-state index in [0.717, 1.165) is 18.7 Å². The molecule has 1 atom stereocenters. The highest BCUT2D eigenvalue weighted by Crippen LogP contribution is 2.10. The predicted octanol–water partition coefficient (Wildman–Crippen LogP) is 0.436. The van der Waals surface area contributed by atoms with Gasteiger partial charge in [-0.15, -0.1) is 0 Å². The Bertz CT molecular complexity index is 227. The Morgan fingerprint density at radius 2 is 2.43 bits per heavy atom. The Balaban J connectivity index is 2.58. The van der Waals surface area contributed by atoms with E-state index >= 15 is 0 Å². The van der Waals surface area contributed by atoms with Gasteiger partial charge in [0.25, 0.3) is 0 Å². The Morgan fingerprint density at radius 1 is 1.71 bits per heavy atom. The molecule has 0 aromatic carbocycles. The Morgan fingerprint density at radius 3 is 3.00 bits per heavy atom. The zero-order valence-corrected chi connectivity index (χ0v) is 8.78. The molecule has 1 rings (SSSR count). The number of hydrogen-bond acceptors (Lipinski definition) is 4. The second-order valence-electron chi connectivity index (χ2n) is 3.54. The van der Waals surface area contributed by atoms with Crippen molar-refractivity contribution in [1.82, 2.24) is 4.90 Å². The first-order valence-electron chi connectivity index (χ1n) is 4.69. The predicted molar refractivity (Wildman–Crippen MR) is 53.0 cm³/mol. The summed E-state index contributed by atoms with van der Waals surface area (Å²) in [5, 5.41) is 0. The number of esters is 1. The fraction of sp³-hybridized carbons (Fsp3) is 0.700. The summed E-state index contributed by atoms with van der Waals surface area (Å²) < 4.78 is 9.96. The van der Waals surface area contributed by atoms with Crippen molar-refractivity contribution in [2.45, 2.75) is 13.0 Å². The molecule has 80 valence electrons. The Labute approximate surface area is 84.5 Å². The molecule has 1 aliphatic rings. The molecular weight excluding hydrogens is 182 g/mol. The molecule has 0 aromatic heterocycles. The minimum Gasteiger partial charge on any atom is -0.468 e. The van der Waals surface area contributed by atoms with E-state index < -0.39 is 0 Å². The summed E-state index contributed by atoms with van der Waals surface area (Å²) in [5.74, 6) is -0.231. The van der Waals surface area contributed by atoms with Crippen molar-refractivity contribution >= 4 is 5.97 Å². The van der Waals surface area contributed by atoms with Crippen molar-refractivity contribution in [1.29, 1.82) is 0 Å². The molecule has 1 saturated heterocycles. The average Bonchev–Trinajstić information content (AvgIpc) is 2.16. The number of rotatable bonds is 3. The first-order valence-corrected chi connectivity index (χ1v) is 4.69. The van der Waals surface area contributed by atoms with Crippen molar-refractivity contribution in [3.05, 3.63) is 12.2 Å². The maximum absolute atomic E-state index is 11.4. The van der Waals surface area contributed by atoms with Crippen molar-refractivity contribution in [3.8, 4) is 0 Å². The van der Waals surface area contributed by atoms with Gasteiger partial charge in [0.15, 0.2) is 0 Å². The van der Waals surface area contributed by atoms with Gasteiger partial charge in [0.2, 0.25) is 0 Å². The van der Waals surface area contributed by atoms with Crippen LogP contribution in [0.2, 0.25) is 0 Å². The van der Waals surface area contributed by atoms with Crippen LogP contribution in [0.4, 0.5) is 0 Å². The molecule has 1 heterocycles. The summed E-state index contributed by atoms with van der Waals surface area (Å²) in [6.07, 6.45) is 0. The third-order valence-electron chi connectivity index (χ3n) is 2.19. The third-order valence-corrected chi connectivity index (χ3v) is 2.19. The molecule has 4 heteroatoms. The Kier molecular flexibility index (Phi) is 4.10.